The summed E-state index contributed by atoms with van der Waals surface area (Å²) in [7, 11) is 1.62. The van der Waals surface area contributed by atoms with E-state index in [1.165, 1.54) is 6.08 Å². The van der Waals surface area contributed by atoms with Gasteiger partial charge in [-0.25, -0.2) is 4.98 Å². The zero-order valence-electron chi connectivity index (χ0n) is 13.9. The van der Waals surface area contributed by atoms with Crippen LogP contribution in [0.25, 0.3) is 17.2 Å². The zero-order valence-corrected chi connectivity index (χ0v) is 13.9. The Hall–Kier alpha value is -3.08. The highest BCUT2D eigenvalue weighted by molar-refractivity contribution is 6.02. The summed E-state index contributed by atoms with van der Waals surface area (Å²) in [5.41, 5.74) is 3.16. The number of carbonyl (C=O) groups excluding carboxylic acids is 1. The molecule has 1 saturated carbocycles. The topological polar surface area (TPSA) is 64.4 Å². The maximum absolute atomic E-state index is 12.1. The van der Waals surface area contributed by atoms with Gasteiger partial charge < -0.3 is 14.5 Å². The minimum atomic E-state index is -0.193. The van der Waals surface area contributed by atoms with E-state index in [1.807, 2.05) is 42.5 Å². The first kappa shape index (κ1) is 15.4. The first-order chi connectivity index (χ1) is 12.2. The molecule has 0 unspecified atom stereocenters. The number of nitrogens with one attached hydrogen (secondary N) is 1. The summed E-state index contributed by atoms with van der Waals surface area (Å²) >= 11 is 0. The molecule has 126 valence electrons. The molecule has 1 N–H and O–H groups in total. The third-order valence-corrected chi connectivity index (χ3v) is 4.14. The highest BCUT2D eigenvalue weighted by atomic mass is 16.5. The Morgan fingerprint density at radius 1 is 1.24 bits per heavy atom. The maximum Gasteiger partial charge on any atom is 0.248 e. The van der Waals surface area contributed by atoms with Gasteiger partial charge in [-0.2, -0.15) is 0 Å². The quantitative estimate of drug-likeness (QED) is 0.704. The fraction of sp³-hybridized carbons (Fsp3) is 0.200. The number of ether oxygens (including phenoxy) is 1. The monoisotopic (exact) mass is 334 g/mol. The van der Waals surface area contributed by atoms with Gasteiger partial charge in [0.2, 0.25) is 5.91 Å². The molecule has 1 heterocycles. The van der Waals surface area contributed by atoms with Crippen LogP contribution in [0.3, 0.4) is 0 Å². The Balaban J connectivity index is 1.44. The average molecular weight is 334 g/mol. The van der Waals surface area contributed by atoms with Crippen LogP contribution in [0.1, 0.15) is 30.2 Å². The second-order valence-electron chi connectivity index (χ2n) is 6.10. The number of aromatic nitrogens is 1. The van der Waals surface area contributed by atoms with E-state index in [-0.39, 0.29) is 5.91 Å². The van der Waals surface area contributed by atoms with Gasteiger partial charge in [0.1, 0.15) is 11.3 Å². The molecule has 5 heteroatoms. The van der Waals surface area contributed by atoms with Crippen molar-refractivity contribution in [3.63, 3.8) is 0 Å². The second kappa shape index (κ2) is 6.43. The van der Waals surface area contributed by atoms with Gasteiger partial charge in [-0.1, -0.05) is 12.1 Å². The predicted octanol–water partition coefficient (Wildman–Crippen LogP) is 4.37. The Labute approximate surface area is 145 Å². The lowest BCUT2D eigenvalue weighted by atomic mass is 10.2. The number of hydrogen-bond donors (Lipinski definition) is 1. The molecule has 0 bridgehead atoms. The van der Waals surface area contributed by atoms with Gasteiger partial charge in [-0.05, 0) is 54.8 Å². The molecular weight excluding hydrogens is 316 g/mol. The van der Waals surface area contributed by atoms with Crippen LogP contribution in [-0.2, 0) is 4.79 Å². The first-order valence-electron chi connectivity index (χ1n) is 8.25. The molecule has 1 aromatic heterocycles. The summed E-state index contributed by atoms with van der Waals surface area (Å²) in [4.78, 5) is 16.6. The molecule has 3 aromatic rings. The second-order valence-corrected chi connectivity index (χ2v) is 6.10. The van der Waals surface area contributed by atoms with Gasteiger partial charge in [0, 0.05) is 17.7 Å². The summed E-state index contributed by atoms with van der Waals surface area (Å²) in [6, 6.07) is 13.0. The molecule has 1 amide bonds. The van der Waals surface area contributed by atoms with E-state index < -0.39 is 0 Å². The van der Waals surface area contributed by atoms with Crippen LogP contribution in [0, 0.1) is 0 Å². The van der Waals surface area contributed by atoms with Crippen molar-refractivity contribution in [3.05, 3.63) is 60.0 Å². The smallest absolute Gasteiger partial charge is 0.248 e. The molecule has 25 heavy (non-hydrogen) atoms. The summed E-state index contributed by atoms with van der Waals surface area (Å²) in [6.45, 7) is 0. The number of rotatable bonds is 5. The molecule has 0 atom stereocenters. The fourth-order valence-electron chi connectivity index (χ4n) is 2.60. The lowest BCUT2D eigenvalue weighted by molar-refractivity contribution is -0.111. The van der Waals surface area contributed by atoms with Gasteiger partial charge in [-0.15, -0.1) is 0 Å². The summed E-state index contributed by atoms with van der Waals surface area (Å²) in [5.74, 6) is 1.87. The van der Waals surface area contributed by atoms with Crippen LogP contribution in [0.2, 0.25) is 0 Å². The van der Waals surface area contributed by atoms with Gasteiger partial charge in [0.15, 0.2) is 11.5 Å². The van der Waals surface area contributed by atoms with Crippen LogP contribution >= 0.6 is 0 Å². The van der Waals surface area contributed by atoms with Crippen LogP contribution in [-0.4, -0.2) is 18.0 Å². The molecule has 1 aliphatic carbocycles. The Morgan fingerprint density at radius 2 is 2.04 bits per heavy atom. The normalized spacial score (nSPS) is 14.1. The zero-order chi connectivity index (χ0) is 17.2. The molecule has 0 radical (unpaired) electrons. The molecule has 0 aliphatic heterocycles. The van der Waals surface area contributed by atoms with Crippen molar-refractivity contribution < 1.29 is 13.9 Å². The summed E-state index contributed by atoms with van der Waals surface area (Å²) in [6.07, 6.45) is 5.55. The number of oxazole rings is 1. The lowest BCUT2D eigenvalue weighted by Gasteiger charge is -2.02. The van der Waals surface area contributed by atoms with E-state index in [1.54, 1.807) is 13.2 Å². The van der Waals surface area contributed by atoms with E-state index in [0.29, 0.717) is 11.6 Å². The molecular formula is C20H18N2O3. The SMILES string of the molecule is COc1ccc(C=CC(=O)Nc2ccc3oc(C4CC4)nc3c2)cc1. The highest BCUT2D eigenvalue weighted by Gasteiger charge is 2.28. The number of anilines is 1. The largest absolute Gasteiger partial charge is 0.497 e. The fourth-order valence-corrected chi connectivity index (χ4v) is 2.60. The van der Waals surface area contributed by atoms with Crippen molar-refractivity contribution in [2.75, 3.05) is 12.4 Å². The third-order valence-electron chi connectivity index (χ3n) is 4.14. The third kappa shape index (κ3) is 3.55. The van der Waals surface area contributed by atoms with E-state index in [0.717, 1.165) is 41.1 Å². The van der Waals surface area contributed by atoms with Crippen molar-refractivity contribution in [3.8, 4) is 5.75 Å². The van der Waals surface area contributed by atoms with E-state index in [4.69, 9.17) is 9.15 Å². The van der Waals surface area contributed by atoms with Crippen molar-refractivity contribution in [1.82, 2.24) is 4.98 Å². The number of hydrogen-bond acceptors (Lipinski definition) is 4. The number of carbonyl (C=O) groups is 1. The van der Waals surface area contributed by atoms with Gasteiger partial charge >= 0.3 is 0 Å². The summed E-state index contributed by atoms with van der Waals surface area (Å²) < 4.78 is 10.8. The van der Waals surface area contributed by atoms with E-state index >= 15 is 0 Å². The Morgan fingerprint density at radius 3 is 2.76 bits per heavy atom. The molecule has 1 aliphatic rings. The standard InChI is InChI=1S/C20H18N2O3/c1-24-16-8-2-13(3-9-16)4-11-19(23)21-15-7-10-18-17(12-15)22-20(25-18)14-5-6-14/h2-4,7-12,14H,5-6H2,1H3,(H,21,23). The highest BCUT2D eigenvalue weighted by Crippen LogP contribution is 2.40. The number of amides is 1. The molecule has 0 saturated heterocycles. The maximum atomic E-state index is 12.1. The van der Waals surface area contributed by atoms with Crippen LogP contribution < -0.4 is 10.1 Å². The minimum Gasteiger partial charge on any atom is -0.497 e. The molecule has 2 aromatic carbocycles. The van der Waals surface area contributed by atoms with Crippen LogP contribution in [0.5, 0.6) is 5.75 Å². The number of methoxy groups -OCH3 is 1. The Bertz CT molecular complexity index is 937. The van der Waals surface area contributed by atoms with Crippen molar-refractivity contribution in [1.29, 1.82) is 0 Å². The van der Waals surface area contributed by atoms with Crippen molar-refractivity contribution >= 4 is 28.8 Å². The summed E-state index contributed by atoms with van der Waals surface area (Å²) in [5, 5.41) is 2.85. The van der Waals surface area contributed by atoms with Crippen LogP contribution in [0.4, 0.5) is 5.69 Å². The van der Waals surface area contributed by atoms with Crippen LogP contribution in [0.15, 0.2) is 53.0 Å². The molecule has 4 rings (SSSR count). The average Bonchev–Trinajstić information content (AvgIpc) is 3.40. The number of benzene rings is 2. The van der Waals surface area contributed by atoms with Crippen molar-refractivity contribution in [2.45, 2.75) is 18.8 Å². The van der Waals surface area contributed by atoms with Gasteiger partial charge in [0.05, 0.1) is 7.11 Å². The van der Waals surface area contributed by atoms with Crippen molar-refractivity contribution in [2.24, 2.45) is 0 Å². The minimum absolute atomic E-state index is 0.193. The predicted molar refractivity (Wildman–Crippen MR) is 96.6 cm³/mol. The van der Waals surface area contributed by atoms with Gasteiger partial charge in [-0.3, -0.25) is 4.79 Å². The van der Waals surface area contributed by atoms with Gasteiger partial charge in [0.25, 0.3) is 0 Å². The molecule has 0 spiro atoms. The molecule has 1 fully saturated rings. The lowest BCUT2D eigenvalue weighted by Crippen LogP contribution is -2.07. The van der Waals surface area contributed by atoms with E-state index in [2.05, 4.69) is 10.3 Å². The number of fused-ring (bicyclic) bond motifs is 1. The first-order valence-corrected chi connectivity index (χ1v) is 8.25. The number of nitrogens with zero attached hydrogens (tertiary/aromatic N) is 1. The van der Waals surface area contributed by atoms with E-state index in [9.17, 15) is 4.79 Å². The Kier molecular flexibility index (Phi) is 3.98. The molecule has 5 nitrogen and oxygen atoms in total.